The Morgan fingerprint density at radius 3 is 2.54 bits per heavy atom. The van der Waals surface area contributed by atoms with Crippen LogP contribution in [0.2, 0.25) is 0 Å². The monoisotopic (exact) mass is 409 g/mol. The molecule has 3 rings (SSSR count). The maximum atomic E-state index is 12.3. The zero-order valence-corrected chi connectivity index (χ0v) is 16.1. The van der Waals surface area contributed by atoms with Gasteiger partial charge in [0.1, 0.15) is 11.4 Å². The normalized spacial score (nSPS) is 11.9. The summed E-state index contributed by atoms with van der Waals surface area (Å²) in [6, 6.07) is 5.43. The molecule has 8 nitrogen and oxygen atoms in total. The lowest BCUT2D eigenvalue weighted by Crippen LogP contribution is -2.28. The van der Waals surface area contributed by atoms with Gasteiger partial charge in [0, 0.05) is 11.0 Å². The number of hydrogen-bond donors (Lipinski definition) is 1. The summed E-state index contributed by atoms with van der Waals surface area (Å²) in [7, 11) is 0. The fourth-order valence-electron chi connectivity index (χ4n) is 2.36. The van der Waals surface area contributed by atoms with Gasteiger partial charge in [0.15, 0.2) is 5.78 Å². The van der Waals surface area contributed by atoms with Crippen LogP contribution < -0.4 is 10.3 Å². The number of fused-ring (bicyclic) bond motifs is 1. The maximum absolute atomic E-state index is 12.3. The van der Waals surface area contributed by atoms with Crippen molar-refractivity contribution in [1.29, 1.82) is 0 Å². The molecule has 3 aromatic rings. The number of benzene rings is 1. The molecule has 11 heteroatoms. The molecular weight excluding hydrogens is 392 g/mol. The molecule has 1 N–H and O–H groups in total. The van der Waals surface area contributed by atoms with E-state index in [9.17, 15) is 18.4 Å². The van der Waals surface area contributed by atoms with E-state index in [2.05, 4.69) is 25.0 Å². The maximum Gasteiger partial charge on any atom is 0.387 e. The first-order valence-corrected chi connectivity index (χ1v) is 9.21. The van der Waals surface area contributed by atoms with Crippen molar-refractivity contribution in [2.75, 3.05) is 5.75 Å². The molecule has 2 aromatic heterocycles. The number of aromatic amines is 1. The van der Waals surface area contributed by atoms with E-state index in [0.29, 0.717) is 16.4 Å². The number of hydrogen-bond acceptors (Lipinski definition) is 7. The van der Waals surface area contributed by atoms with Crippen LogP contribution in [0.4, 0.5) is 8.78 Å². The number of thioether (sulfide) groups is 1. The summed E-state index contributed by atoms with van der Waals surface area (Å²) < 4.78 is 30.0. The Morgan fingerprint density at radius 2 is 1.93 bits per heavy atom. The van der Waals surface area contributed by atoms with Gasteiger partial charge in [-0.15, -0.1) is 10.2 Å². The fourth-order valence-corrected chi connectivity index (χ4v) is 3.13. The zero-order chi connectivity index (χ0) is 20.5. The number of ketones is 1. The third-order valence-corrected chi connectivity index (χ3v) is 4.62. The number of Topliss-reactive ketones (excluding diaryl/α,β-unsaturated/α-hetero) is 1. The van der Waals surface area contributed by atoms with Gasteiger partial charge >= 0.3 is 6.61 Å². The number of carbonyl (C=O) groups is 1. The average molecular weight is 409 g/mol. The van der Waals surface area contributed by atoms with Crippen LogP contribution in [0.1, 0.15) is 36.8 Å². The molecular formula is C17H17F2N5O3S. The predicted molar refractivity (Wildman–Crippen MR) is 98.2 cm³/mol. The van der Waals surface area contributed by atoms with Gasteiger partial charge in [-0.05, 0) is 24.3 Å². The lowest BCUT2D eigenvalue weighted by molar-refractivity contribution is -0.0498. The first-order chi connectivity index (χ1) is 13.1. The van der Waals surface area contributed by atoms with Crippen molar-refractivity contribution >= 4 is 23.3 Å². The number of alkyl halides is 2. The zero-order valence-electron chi connectivity index (χ0n) is 15.3. The van der Waals surface area contributed by atoms with Gasteiger partial charge in [0.2, 0.25) is 5.16 Å². The molecule has 0 aliphatic heterocycles. The van der Waals surface area contributed by atoms with Crippen LogP contribution >= 0.6 is 11.8 Å². The van der Waals surface area contributed by atoms with E-state index in [0.717, 1.165) is 11.8 Å². The molecule has 148 valence electrons. The molecule has 0 bridgehead atoms. The third kappa shape index (κ3) is 4.35. The van der Waals surface area contributed by atoms with Crippen molar-refractivity contribution < 1.29 is 18.3 Å². The molecule has 0 spiro atoms. The van der Waals surface area contributed by atoms with Crippen molar-refractivity contribution in [3.63, 3.8) is 0 Å². The second-order valence-electron chi connectivity index (χ2n) is 6.89. The van der Waals surface area contributed by atoms with E-state index in [1.165, 1.54) is 28.8 Å². The van der Waals surface area contributed by atoms with Gasteiger partial charge in [-0.1, -0.05) is 32.5 Å². The van der Waals surface area contributed by atoms with Gasteiger partial charge in [0.25, 0.3) is 11.3 Å². The van der Waals surface area contributed by atoms with E-state index in [1.54, 1.807) is 0 Å². The molecule has 0 aliphatic carbocycles. The van der Waals surface area contributed by atoms with E-state index >= 15 is 0 Å². The summed E-state index contributed by atoms with van der Waals surface area (Å²) in [6.45, 7) is 2.66. The minimum Gasteiger partial charge on any atom is -0.435 e. The quantitative estimate of drug-likeness (QED) is 0.493. The number of aromatic nitrogens is 5. The molecule has 2 heterocycles. The lowest BCUT2D eigenvalue weighted by Gasteiger charge is -2.15. The molecule has 0 aliphatic rings. The standard InChI is InChI=1S/C17H17F2N5O3S/c1-17(2,3)12-13(26)20-15-21-22-16(24(15)23-12)28-8-11(25)9-4-6-10(7-5-9)27-14(18)19/h4-7,14H,8H2,1-3H3,(H,20,21,26). The highest BCUT2D eigenvalue weighted by Gasteiger charge is 2.22. The predicted octanol–water partition coefficient (Wildman–Crippen LogP) is 2.69. The van der Waals surface area contributed by atoms with Crippen LogP contribution in [0.15, 0.2) is 34.2 Å². The van der Waals surface area contributed by atoms with E-state index in [-0.39, 0.29) is 28.6 Å². The Kier molecular flexibility index (Phi) is 5.45. The Morgan fingerprint density at radius 1 is 1.25 bits per heavy atom. The first kappa shape index (κ1) is 19.9. The van der Waals surface area contributed by atoms with Crippen molar-refractivity contribution in [3.05, 3.63) is 45.9 Å². The highest BCUT2D eigenvalue weighted by molar-refractivity contribution is 7.99. The summed E-state index contributed by atoms with van der Waals surface area (Å²) in [5.41, 5.74) is -0.153. The molecule has 28 heavy (non-hydrogen) atoms. The van der Waals surface area contributed by atoms with Crippen LogP contribution in [0, 0.1) is 0 Å². The molecule has 0 amide bonds. The van der Waals surface area contributed by atoms with Gasteiger partial charge < -0.3 is 4.74 Å². The van der Waals surface area contributed by atoms with Gasteiger partial charge in [0.05, 0.1) is 5.75 Å². The van der Waals surface area contributed by atoms with Crippen LogP contribution in [0.5, 0.6) is 5.75 Å². The number of H-pyrrole nitrogens is 1. The molecule has 0 saturated heterocycles. The van der Waals surface area contributed by atoms with E-state index < -0.39 is 12.0 Å². The highest BCUT2D eigenvalue weighted by Crippen LogP contribution is 2.21. The van der Waals surface area contributed by atoms with Crippen LogP contribution in [0.3, 0.4) is 0 Å². The molecule has 0 fully saturated rings. The van der Waals surface area contributed by atoms with E-state index in [1.807, 2.05) is 20.8 Å². The smallest absolute Gasteiger partial charge is 0.387 e. The average Bonchev–Trinajstić information content (AvgIpc) is 3.00. The molecule has 0 saturated carbocycles. The van der Waals surface area contributed by atoms with Crippen molar-refractivity contribution in [2.24, 2.45) is 0 Å². The SMILES string of the molecule is CC(C)(C)c1nn2c(SCC(=O)c3ccc(OC(F)F)cc3)nnc2[nH]c1=O. The number of halogens is 2. The number of carbonyl (C=O) groups excluding carboxylic acids is 1. The summed E-state index contributed by atoms with van der Waals surface area (Å²) in [5.74, 6) is -0.0422. The summed E-state index contributed by atoms with van der Waals surface area (Å²) in [6.07, 6.45) is 0. The second kappa shape index (κ2) is 7.66. The number of ether oxygens (including phenoxy) is 1. The van der Waals surface area contributed by atoms with Gasteiger partial charge in [-0.3, -0.25) is 14.6 Å². The second-order valence-corrected chi connectivity index (χ2v) is 7.83. The number of rotatable bonds is 6. The number of nitrogens with one attached hydrogen (secondary N) is 1. The molecule has 0 atom stereocenters. The summed E-state index contributed by atoms with van der Waals surface area (Å²) in [4.78, 5) is 27.1. The van der Waals surface area contributed by atoms with Crippen LogP contribution in [0.25, 0.3) is 5.78 Å². The van der Waals surface area contributed by atoms with Gasteiger partial charge in [-0.25, -0.2) is 0 Å². The Labute approximate surface area is 162 Å². The van der Waals surface area contributed by atoms with Crippen LogP contribution in [-0.4, -0.2) is 42.9 Å². The van der Waals surface area contributed by atoms with E-state index in [4.69, 9.17) is 0 Å². The molecule has 0 radical (unpaired) electrons. The molecule has 0 unspecified atom stereocenters. The fraction of sp³-hybridized carbons (Fsp3) is 0.353. The van der Waals surface area contributed by atoms with Crippen molar-refractivity contribution in [1.82, 2.24) is 24.8 Å². The van der Waals surface area contributed by atoms with Crippen molar-refractivity contribution in [2.45, 2.75) is 38.0 Å². The topological polar surface area (TPSA) is 102 Å². The summed E-state index contributed by atoms with van der Waals surface area (Å²) >= 11 is 1.10. The Balaban J connectivity index is 1.76. The van der Waals surface area contributed by atoms with Crippen molar-refractivity contribution in [3.8, 4) is 5.75 Å². The summed E-state index contributed by atoms with van der Waals surface area (Å²) in [5, 5.41) is 12.5. The largest absolute Gasteiger partial charge is 0.435 e. The molecule has 1 aromatic carbocycles. The Hall–Kier alpha value is -2.82. The van der Waals surface area contributed by atoms with Gasteiger partial charge in [-0.2, -0.15) is 18.4 Å². The first-order valence-electron chi connectivity index (χ1n) is 8.22. The van der Waals surface area contributed by atoms with Crippen LogP contribution in [-0.2, 0) is 5.41 Å². The minimum absolute atomic E-state index is 0.0227. The minimum atomic E-state index is -2.92. The lowest BCUT2D eigenvalue weighted by atomic mass is 9.93. The number of nitrogens with zero attached hydrogens (tertiary/aromatic N) is 4. The third-order valence-electron chi connectivity index (χ3n) is 3.70. The Bertz CT molecular complexity index is 1060. The highest BCUT2D eigenvalue weighted by atomic mass is 32.2.